The van der Waals surface area contributed by atoms with E-state index in [9.17, 15) is 19.5 Å². The molecule has 0 fully saturated rings. The third-order valence-electron chi connectivity index (χ3n) is 4.48. The topological polar surface area (TPSA) is 92.7 Å². The minimum Gasteiger partial charge on any atom is -0.481 e. The molecular formula is C24H29NO5. The van der Waals surface area contributed by atoms with Crippen LogP contribution in [0.5, 0.6) is 0 Å². The van der Waals surface area contributed by atoms with Crippen LogP contribution in [0.3, 0.4) is 0 Å². The van der Waals surface area contributed by atoms with Crippen LogP contribution in [0.4, 0.5) is 4.79 Å². The molecular weight excluding hydrogens is 382 g/mol. The average molecular weight is 411 g/mol. The van der Waals surface area contributed by atoms with Crippen LogP contribution >= 0.6 is 0 Å². The number of hydrogen-bond acceptors (Lipinski definition) is 4. The third kappa shape index (κ3) is 8.07. The number of carbonyl (C=O) groups excluding carboxylic acids is 2. The Balaban J connectivity index is 2.14. The highest BCUT2D eigenvalue weighted by Gasteiger charge is 2.29. The Labute approximate surface area is 177 Å². The summed E-state index contributed by atoms with van der Waals surface area (Å²) in [6.07, 6.45) is -0.382. The van der Waals surface area contributed by atoms with Crippen molar-refractivity contribution in [1.82, 2.24) is 5.32 Å². The largest absolute Gasteiger partial charge is 0.481 e. The van der Waals surface area contributed by atoms with Crippen LogP contribution in [-0.2, 0) is 27.2 Å². The quantitative estimate of drug-likeness (QED) is 0.650. The zero-order valence-corrected chi connectivity index (χ0v) is 17.6. The first-order valence-electron chi connectivity index (χ1n) is 9.97. The van der Waals surface area contributed by atoms with Gasteiger partial charge in [-0.1, -0.05) is 60.7 Å². The molecule has 1 amide bonds. The molecule has 6 heteroatoms. The molecule has 2 atom stereocenters. The van der Waals surface area contributed by atoms with Gasteiger partial charge in [-0.2, -0.15) is 0 Å². The maximum atomic E-state index is 13.0. The van der Waals surface area contributed by atoms with Crippen LogP contribution in [0.15, 0.2) is 60.7 Å². The second kappa shape index (κ2) is 10.6. The smallest absolute Gasteiger partial charge is 0.408 e. The third-order valence-corrected chi connectivity index (χ3v) is 4.48. The molecule has 0 heterocycles. The summed E-state index contributed by atoms with van der Waals surface area (Å²) in [5, 5.41) is 12.3. The lowest BCUT2D eigenvalue weighted by atomic mass is 9.90. The fraction of sp³-hybridized carbons (Fsp3) is 0.375. The van der Waals surface area contributed by atoms with Gasteiger partial charge in [0.15, 0.2) is 5.78 Å². The predicted octanol–water partition coefficient (Wildman–Crippen LogP) is 4.03. The highest BCUT2D eigenvalue weighted by molar-refractivity contribution is 5.90. The summed E-state index contributed by atoms with van der Waals surface area (Å²) in [6, 6.07) is 17.6. The van der Waals surface area contributed by atoms with Crippen molar-refractivity contribution in [2.75, 3.05) is 0 Å². The van der Waals surface area contributed by atoms with Crippen molar-refractivity contribution in [1.29, 1.82) is 0 Å². The second-order valence-corrected chi connectivity index (χ2v) is 8.28. The van der Waals surface area contributed by atoms with Crippen molar-refractivity contribution in [2.24, 2.45) is 5.92 Å². The van der Waals surface area contributed by atoms with E-state index in [1.54, 1.807) is 20.8 Å². The normalized spacial score (nSPS) is 13.2. The molecule has 30 heavy (non-hydrogen) atoms. The molecule has 0 aliphatic carbocycles. The number of Topliss-reactive ketones (excluding diaryl/α,β-unsaturated/α-hetero) is 1. The number of hydrogen-bond donors (Lipinski definition) is 2. The Morgan fingerprint density at radius 1 is 0.900 bits per heavy atom. The first-order valence-corrected chi connectivity index (χ1v) is 9.97. The Morgan fingerprint density at radius 3 is 1.87 bits per heavy atom. The average Bonchev–Trinajstić information content (AvgIpc) is 2.67. The monoisotopic (exact) mass is 411 g/mol. The molecule has 0 aliphatic heterocycles. The maximum Gasteiger partial charge on any atom is 0.408 e. The summed E-state index contributed by atoms with van der Waals surface area (Å²) in [5.41, 5.74) is 1.00. The van der Waals surface area contributed by atoms with Gasteiger partial charge in [-0.25, -0.2) is 4.79 Å². The molecule has 160 valence electrons. The van der Waals surface area contributed by atoms with Crippen molar-refractivity contribution in [3.8, 4) is 0 Å². The summed E-state index contributed by atoms with van der Waals surface area (Å²) in [4.78, 5) is 37.1. The first-order chi connectivity index (χ1) is 14.1. The van der Waals surface area contributed by atoms with Gasteiger partial charge < -0.3 is 15.2 Å². The van der Waals surface area contributed by atoms with Gasteiger partial charge in [0, 0.05) is 6.42 Å². The van der Waals surface area contributed by atoms with E-state index in [2.05, 4.69) is 5.32 Å². The van der Waals surface area contributed by atoms with E-state index in [0.29, 0.717) is 0 Å². The standard InChI is InChI=1S/C24H29NO5/c1-24(2,3)30-23(29)25-20(15-18-12-8-5-9-13-18)21(26)16-19(22(27)28)14-17-10-6-4-7-11-17/h4-13,19-20H,14-16H2,1-3H3,(H,25,29)(H,27,28)/t19-,20+/m1/s1. The predicted molar refractivity (Wildman–Crippen MR) is 114 cm³/mol. The van der Waals surface area contributed by atoms with E-state index in [-0.39, 0.29) is 25.0 Å². The molecule has 0 spiro atoms. The Hall–Kier alpha value is -3.15. The number of rotatable bonds is 9. The SMILES string of the molecule is CC(C)(C)OC(=O)N[C@@H](Cc1ccccc1)C(=O)C[C@@H](Cc1ccccc1)C(=O)O. The summed E-state index contributed by atoms with van der Waals surface area (Å²) >= 11 is 0. The van der Waals surface area contributed by atoms with E-state index in [4.69, 9.17) is 4.74 Å². The fourth-order valence-corrected chi connectivity index (χ4v) is 3.08. The molecule has 0 radical (unpaired) electrons. The lowest BCUT2D eigenvalue weighted by Gasteiger charge is -2.24. The Bertz CT molecular complexity index is 843. The minimum absolute atomic E-state index is 0.183. The lowest BCUT2D eigenvalue weighted by molar-refractivity contribution is -0.143. The Morgan fingerprint density at radius 2 is 1.40 bits per heavy atom. The lowest BCUT2D eigenvalue weighted by Crippen LogP contribution is -2.45. The highest BCUT2D eigenvalue weighted by atomic mass is 16.6. The van der Waals surface area contributed by atoms with Crippen LogP contribution in [0.2, 0.25) is 0 Å². The van der Waals surface area contributed by atoms with Gasteiger partial charge in [0.25, 0.3) is 0 Å². The number of carboxylic acids is 1. The van der Waals surface area contributed by atoms with Gasteiger partial charge in [0.1, 0.15) is 5.60 Å². The Kier molecular flexibility index (Phi) is 8.16. The number of amides is 1. The molecule has 0 aliphatic rings. The molecule has 2 N–H and O–H groups in total. The van der Waals surface area contributed by atoms with Gasteiger partial charge in [-0.15, -0.1) is 0 Å². The summed E-state index contributed by atoms with van der Waals surface area (Å²) < 4.78 is 5.29. The van der Waals surface area contributed by atoms with Gasteiger partial charge in [0.2, 0.25) is 0 Å². The zero-order valence-electron chi connectivity index (χ0n) is 17.6. The molecule has 2 rings (SSSR count). The van der Waals surface area contributed by atoms with Crippen LogP contribution in [0, 0.1) is 5.92 Å². The fourth-order valence-electron chi connectivity index (χ4n) is 3.08. The van der Waals surface area contributed by atoms with E-state index in [1.807, 2.05) is 60.7 Å². The van der Waals surface area contributed by atoms with Gasteiger partial charge in [-0.05, 0) is 44.7 Å². The van der Waals surface area contributed by atoms with Crippen molar-refractivity contribution in [2.45, 2.75) is 51.7 Å². The van der Waals surface area contributed by atoms with E-state index in [1.165, 1.54) is 0 Å². The van der Waals surface area contributed by atoms with Crippen LogP contribution in [0.25, 0.3) is 0 Å². The van der Waals surface area contributed by atoms with Crippen LogP contribution < -0.4 is 5.32 Å². The molecule has 0 unspecified atom stereocenters. The molecule has 0 saturated carbocycles. The molecule has 6 nitrogen and oxygen atoms in total. The molecule has 0 aromatic heterocycles. The number of carbonyl (C=O) groups is 3. The summed E-state index contributed by atoms with van der Waals surface area (Å²) in [5.74, 6) is -2.26. The van der Waals surface area contributed by atoms with Gasteiger partial charge >= 0.3 is 12.1 Å². The summed E-state index contributed by atoms with van der Waals surface area (Å²) in [7, 11) is 0. The molecule has 2 aromatic carbocycles. The number of nitrogens with one attached hydrogen (secondary N) is 1. The summed E-state index contributed by atoms with van der Waals surface area (Å²) in [6.45, 7) is 5.21. The number of carboxylic acid groups (broad SMARTS) is 1. The first kappa shape index (κ1) is 23.1. The molecule has 0 saturated heterocycles. The van der Waals surface area contributed by atoms with Crippen molar-refractivity contribution < 1.29 is 24.2 Å². The minimum atomic E-state index is -1.04. The van der Waals surface area contributed by atoms with Crippen LogP contribution in [0.1, 0.15) is 38.3 Å². The molecule has 0 bridgehead atoms. The number of ether oxygens (including phenoxy) is 1. The number of ketones is 1. The number of benzene rings is 2. The van der Waals surface area contributed by atoms with E-state index < -0.39 is 29.6 Å². The van der Waals surface area contributed by atoms with Crippen molar-refractivity contribution in [3.05, 3.63) is 71.8 Å². The van der Waals surface area contributed by atoms with Gasteiger partial charge in [-0.3, -0.25) is 9.59 Å². The van der Waals surface area contributed by atoms with E-state index >= 15 is 0 Å². The van der Waals surface area contributed by atoms with Crippen molar-refractivity contribution in [3.63, 3.8) is 0 Å². The maximum absolute atomic E-state index is 13.0. The second-order valence-electron chi connectivity index (χ2n) is 8.28. The molecule has 2 aromatic rings. The number of alkyl carbamates (subject to hydrolysis) is 1. The van der Waals surface area contributed by atoms with E-state index in [0.717, 1.165) is 11.1 Å². The number of aliphatic carboxylic acids is 1. The highest BCUT2D eigenvalue weighted by Crippen LogP contribution is 2.16. The zero-order chi connectivity index (χ0) is 22.1. The van der Waals surface area contributed by atoms with Gasteiger partial charge in [0.05, 0.1) is 12.0 Å². The van der Waals surface area contributed by atoms with Crippen LogP contribution in [-0.4, -0.2) is 34.6 Å². The van der Waals surface area contributed by atoms with Crippen molar-refractivity contribution >= 4 is 17.8 Å².